The number of carbonyl (C=O) groups excluding carboxylic acids is 2. The molecule has 8 heteroatoms. The van der Waals surface area contributed by atoms with E-state index in [4.69, 9.17) is 16.3 Å². The highest BCUT2D eigenvalue weighted by molar-refractivity contribution is 7.20. The molecule has 0 bridgehead atoms. The van der Waals surface area contributed by atoms with E-state index in [0.717, 1.165) is 21.6 Å². The Morgan fingerprint density at radius 1 is 1.21 bits per heavy atom. The number of para-hydroxylation sites is 1. The van der Waals surface area contributed by atoms with Gasteiger partial charge in [-0.15, -0.1) is 11.3 Å². The predicted octanol–water partition coefficient (Wildman–Crippen LogP) is 4.43. The van der Waals surface area contributed by atoms with Gasteiger partial charge in [0.15, 0.2) is 6.61 Å². The molecular weight excluding hydrogens is 398 g/mol. The minimum Gasteiger partial charge on any atom is -0.453 e. The Morgan fingerprint density at radius 3 is 2.71 bits per heavy atom. The summed E-state index contributed by atoms with van der Waals surface area (Å²) < 4.78 is 8.65. The predicted molar refractivity (Wildman–Crippen MR) is 109 cm³/mol. The Balaban J connectivity index is 1.59. The molecule has 4 rings (SSSR count). The van der Waals surface area contributed by atoms with Crippen LogP contribution in [-0.2, 0) is 11.8 Å². The molecule has 0 saturated carbocycles. The molecule has 0 spiro atoms. The number of aryl methyl sites for hydroxylation is 2. The van der Waals surface area contributed by atoms with E-state index >= 15 is 0 Å². The van der Waals surface area contributed by atoms with Crippen molar-refractivity contribution < 1.29 is 14.3 Å². The molecule has 6 nitrogen and oxygen atoms in total. The number of carbonyl (C=O) groups is 2. The van der Waals surface area contributed by atoms with Crippen LogP contribution in [0.1, 0.15) is 25.9 Å². The number of Topliss-reactive ketones (excluding diaryl/α,β-unsaturated/α-hetero) is 1. The average molecular weight is 414 g/mol. The van der Waals surface area contributed by atoms with E-state index in [-0.39, 0.29) is 12.4 Å². The largest absolute Gasteiger partial charge is 0.453 e. The van der Waals surface area contributed by atoms with Crippen molar-refractivity contribution in [2.24, 2.45) is 7.05 Å². The summed E-state index contributed by atoms with van der Waals surface area (Å²) in [7, 11) is 1.77. The lowest BCUT2D eigenvalue weighted by Gasteiger charge is -2.05. The third-order valence-electron chi connectivity index (χ3n) is 4.39. The van der Waals surface area contributed by atoms with E-state index in [2.05, 4.69) is 5.10 Å². The Hall–Kier alpha value is -2.90. The van der Waals surface area contributed by atoms with Gasteiger partial charge in [-0.3, -0.25) is 4.79 Å². The number of ketones is 1. The van der Waals surface area contributed by atoms with Gasteiger partial charge < -0.3 is 9.30 Å². The van der Waals surface area contributed by atoms with E-state index in [1.54, 1.807) is 46.8 Å². The van der Waals surface area contributed by atoms with Crippen molar-refractivity contribution in [3.8, 4) is 5.69 Å². The number of hydrogen-bond donors (Lipinski definition) is 0. The zero-order chi connectivity index (χ0) is 19.8. The van der Waals surface area contributed by atoms with E-state index in [1.165, 1.54) is 11.3 Å². The van der Waals surface area contributed by atoms with Crippen molar-refractivity contribution in [3.63, 3.8) is 0 Å². The summed E-state index contributed by atoms with van der Waals surface area (Å²) in [5, 5.41) is 5.95. The van der Waals surface area contributed by atoms with Gasteiger partial charge in [-0.2, -0.15) is 5.10 Å². The Bertz CT molecular complexity index is 1200. The minimum atomic E-state index is -0.533. The van der Waals surface area contributed by atoms with Gasteiger partial charge in [-0.1, -0.05) is 23.7 Å². The van der Waals surface area contributed by atoms with Gasteiger partial charge in [0, 0.05) is 18.6 Å². The van der Waals surface area contributed by atoms with E-state index in [0.29, 0.717) is 15.6 Å². The number of ether oxygens (including phenoxy) is 1. The summed E-state index contributed by atoms with van der Waals surface area (Å²) in [5.74, 6) is -0.783. The van der Waals surface area contributed by atoms with Gasteiger partial charge in [0.05, 0.1) is 22.1 Å². The maximum atomic E-state index is 12.5. The maximum Gasteiger partial charge on any atom is 0.348 e. The molecule has 0 fully saturated rings. The molecule has 0 unspecified atom stereocenters. The summed E-state index contributed by atoms with van der Waals surface area (Å²) in [5.41, 5.74) is 2.02. The van der Waals surface area contributed by atoms with Gasteiger partial charge in [0.1, 0.15) is 9.71 Å². The summed E-state index contributed by atoms with van der Waals surface area (Å²) in [6.07, 6.45) is 1.77. The monoisotopic (exact) mass is 413 g/mol. The van der Waals surface area contributed by atoms with Crippen molar-refractivity contribution in [1.82, 2.24) is 14.3 Å². The number of fused-ring (bicyclic) bond motifs is 1. The molecule has 0 aliphatic heterocycles. The van der Waals surface area contributed by atoms with Gasteiger partial charge in [0.2, 0.25) is 5.78 Å². The van der Waals surface area contributed by atoms with Gasteiger partial charge in [-0.05, 0) is 37.3 Å². The van der Waals surface area contributed by atoms with Gasteiger partial charge in [0.25, 0.3) is 0 Å². The molecule has 142 valence electrons. The van der Waals surface area contributed by atoms with Crippen molar-refractivity contribution in [2.75, 3.05) is 6.61 Å². The normalized spacial score (nSPS) is 11.1. The highest BCUT2D eigenvalue weighted by Gasteiger charge is 2.20. The second-order valence-corrected chi connectivity index (χ2v) is 7.72. The first-order valence-corrected chi connectivity index (χ1v) is 9.71. The van der Waals surface area contributed by atoms with Crippen LogP contribution in [0.25, 0.3) is 15.9 Å². The zero-order valence-corrected chi connectivity index (χ0v) is 16.8. The van der Waals surface area contributed by atoms with Crippen LogP contribution in [0.4, 0.5) is 0 Å². The highest BCUT2D eigenvalue weighted by atomic mass is 35.5. The maximum absolute atomic E-state index is 12.5. The van der Waals surface area contributed by atoms with Crippen molar-refractivity contribution in [1.29, 1.82) is 0 Å². The summed E-state index contributed by atoms with van der Waals surface area (Å²) >= 11 is 7.56. The van der Waals surface area contributed by atoms with Crippen molar-refractivity contribution in [2.45, 2.75) is 6.92 Å². The van der Waals surface area contributed by atoms with Crippen LogP contribution >= 0.6 is 22.9 Å². The lowest BCUT2D eigenvalue weighted by Crippen LogP contribution is -2.15. The van der Waals surface area contributed by atoms with E-state index in [1.807, 2.05) is 25.1 Å². The third-order valence-corrected chi connectivity index (χ3v) is 5.80. The fourth-order valence-electron chi connectivity index (χ4n) is 2.96. The number of hydrogen-bond acceptors (Lipinski definition) is 5. The Morgan fingerprint density at radius 2 is 2.00 bits per heavy atom. The molecule has 1 aromatic carbocycles. The number of thiophene rings is 1. The SMILES string of the molecule is Cc1nn(-c2ccccc2Cl)c2sc(C(=O)OCC(=O)c3cccn3C)cc12. The second kappa shape index (κ2) is 7.26. The molecule has 0 amide bonds. The van der Waals surface area contributed by atoms with Crippen LogP contribution in [0.5, 0.6) is 0 Å². The number of nitrogens with zero attached hydrogens (tertiary/aromatic N) is 3. The summed E-state index contributed by atoms with van der Waals surface area (Å²) in [6, 6.07) is 12.6. The molecule has 0 radical (unpaired) electrons. The smallest absolute Gasteiger partial charge is 0.348 e. The number of halogens is 1. The fourth-order valence-corrected chi connectivity index (χ4v) is 4.25. The molecule has 0 atom stereocenters. The lowest BCUT2D eigenvalue weighted by molar-refractivity contribution is 0.0477. The van der Waals surface area contributed by atoms with Gasteiger partial charge >= 0.3 is 5.97 Å². The standard InChI is InChI=1S/C20H16ClN3O3S/c1-12-13-10-18(20(26)27-11-17(25)16-8-5-9-23(16)2)28-19(13)24(22-12)15-7-4-3-6-14(15)21/h3-10H,11H2,1-2H3. The van der Waals surface area contributed by atoms with E-state index in [9.17, 15) is 9.59 Å². The van der Waals surface area contributed by atoms with Gasteiger partial charge in [-0.25, -0.2) is 9.48 Å². The van der Waals surface area contributed by atoms with Crippen LogP contribution in [0, 0.1) is 6.92 Å². The molecule has 4 aromatic rings. The number of esters is 1. The molecule has 3 aromatic heterocycles. The first-order valence-electron chi connectivity index (χ1n) is 8.51. The van der Waals surface area contributed by atoms with Crippen LogP contribution in [0.3, 0.4) is 0 Å². The van der Waals surface area contributed by atoms with E-state index < -0.39 is 5.97 Å². The third kappa shape index (κ3) is 3.23. The first-order chi connectivity index (χ1) is 13.5. The Kier molecular flexibility index (Phi) is 4.78. The van der Waals surface area contributed by atoms with Crippen LogP contribution in [0.15, 0.2) is 48.7 Å². The van der Waals surface area contributed by atoms with Crippen LogP contribution in [-0.4, -0.2) is 32.7 Å². The number of rotatable bonds is 5. The first kappa shape index (κ1) is 18.5. The highest BCUT2D eigenvalue weighted by Crippen LogP contribution is 2.32. The summed E-state index contributed by atoms with van der Waals surface area (Å²) in [6.45, 7) is 1.57. The molecule has 3 heterocycles. The fraction of sp³-hybridized carbons (Fsp3) is 0.150. The molecule has 0 N–H and O–H groups in total. The second-order valence-electron chi connectivity index (χ2n) is 6.28. The van der Waals surface area contributed by atoms with Crippen LogP contribution < -0.4 is 0 Å². The molecular formula is C20H16ClN3O3S. The molecule has 0 aliphatic rings. The van der Waals surface area contributed by atoms with Crippen molar-refractivity contribution >= 4 is 44.9 Å². The number of benzene rings is 1. The lowest BCUT2D eigenvalue weighted by atomic mass is 10.3. The molecule has 0 saturated heterocycles. The van der Waals surface area contributed by atoms with Crippen LogP contribution in [0.2, 0.25) is 5.02 Å². The quantitative estimate of drug-likeness (QED) is 0.358. The topological polar surface area (TPSA) is 66.1 Å². The zero-order valence-electron chi connectivity index (χ0n) is 15.2. The van der Waals surface area contributed by atoms with Crippen molar-refractivity contribution in [3.05, 3.63) is 69.9 Å². The summed E-state index contributed by atoms with van der Waals surface area (Å²) in [4.78, 5) is 25.9. The number of aromatic nitrogens is 3. The molecule has 28 heavy (non-hydrogen) atoms. The average Bonchev–Trinajstić information content (AvgIpc) is 3.37. The minimum absolute atomic E-state index is 0.250. The molecule has 0 aliphatic carbocycles. The Labute approximate surface area is 169 Å².